The summed E-state index contributed by atoms with van der Waals surface area (Å²) in [5.41, 5.74) is 0.0619. The third kappa shape index (κ3) is 4.67. The Bertz CT molecular complexity index is 674. The summed E-state index contributed by atoms with van der Waals surface area (Å²) in [6, 6.07) is 1.26. The first kappa shape index (κ1) is 20.9. The van der Waals surface area contributed by atoms with Gasteiger partial charge >= 0.3 is 6.18 Å². The Morgan fingerprint density at radius 3 is 2.36 bits per heavy atom. The first-order chi connectivity index (χ1) is 11.6. The molecule has 0 aromatic heterocycles. The number of halogens is 4. The maximum absolute atomic E-state index is 13.8. The van der Waals surface area contributed by atoms with Gasteiger partial charge in [-0.25, -0.2) is 14.4 Å². The minimum absolute atomic E-state index is 0.242. The minimum atomic E-state index is -4.74. The average molecular weight is 357 g/mol. The molecule has 7 heteroatoms. The third-order valence-corrected chi connectivity index (χ3v) is 3.53. The first-order valence-electron chi connectivity index (χ1n) is 7.94. The van der Waals surface area contributed by atoms with Gasteiger partial charge < -0.3 is 0 Å². The van der Waals surface area contributed by atoms with Crippen LogP contribution in [0.2, 0.25) is 0 Å². The van der Waals surface area contributed by atoms with E-state index in [1.54, 1.807) is 25.8 Å². The van der Waals surface area contributed by atoms with Gasteiger partial charge in [0.15, 0.2) is 0 Å². The monoisotopic (exact) mass is 357 g/mol. The lowest BCUT2D eigenvalue weighted by atomic mass is 9.99. The largest absolute Gasteiger partial charge is 0.419 e. The second-order valence-electron chi connectivity index (χ2n) is 5.73. The molecule has 0 fully saturated rings. The molecular formula is C18H23F4N3. The molecule has 1 atom stereocenters. The molecule has 0 bridgehead atoms. The van der Waals surface area contributed by atoms with Gasteiger partial charge in [-0.15, -0.1) is 13.2 Å². The third-order valence-electron chi connectivity index (χ3n) is 3.53. The standard InChI is InChI=1S/C16H19F4N3.C2H4/c1-5-6-15-21-14-8-13(17)12(16(18,19)20)7-11(14)10(4)23(15)22-9(2)3;1-2/h7-8,10H,5-6H2,1-4H3;1-2H2. The fourth-order valence-electron chi connectivity index (χ4n) is 2.53. The van der Waals surface area contributed by atoms with Crippen LogP contribution in [-0.2, 0) is 6.18 Å². The van der Waals surface area contributed by atoms with Crippen molar-refractivity contribution < 1.29 is 17.6 Å². The van der Waals surface area contributed by atoms with Crippen molar-refractivity contribution in [2.45, 2.75) is 52.8 Å². The fourth-order valence-corrected chi connectivity index (χ4v) is 2.53. The Kier molecular flexibility index (Phi) is 6.90. The molecule has 1 aromatic rings. The van der Waals surface area contributed by atoms with Crippen molar-refractivity contribution in [2.24, 2.45) is 10.1 Å². The molecule has 25 heavy (non-hydrogen) atoms. The maximum Gasteiger partial charge on any atom is 0.419 e. The molecule has 138 valence electrons. The summed E-state index contributed by atoms with van der Waals surface area (Å²) in [6.45, 7) is 13.3. The van der Waals surface area contributed by atoms with Gasteiger partial charge in [-0.3, -0.25) is 0 Å². The van der Waals surface area contributed by atoms with Crippen LogP contribution in [-0.4, -0.2) is 16.6 Å². The van der Waals surface area contributed by atoms with Crippen molar-refractivity contribution in [3.63, 3.8) is 0 Å². The highest BCUT2D eigenvalue weighted by Crippen LogP contribution is 2.41. The van der Waals surface area contributed by atoms with E-state index in [4.69, 9.17) is 0 Å². The summed E-state index contributed by atoms with van der Waals surface area (Å²) < 4.78 is 52.6. The van der Waals surface area contributed by atoms with Crippen LogP contribution >= 0.6 is 0 Å². The molecule has 0 aliphatic carbocycles. The number of hydrazone groups is 1. The van der Waals surface area contributed by atoms with Crippen LogP contribution in [0.25, 0.3) is 0 Å². The molecule has 1 aliphatic heterocycles. The van der Waals surface area contributed by atoms with E-state index in [9.17, 15) is 17.6 Å². The van der Waals surface area contributed by atoms with Gasteiger partial charge in [0, 0.05) is 23.8 Å². The summed E-state index contributed by atoms with van der Waals surface area (Å²) in [4.78, 5) is 4.33. The first-order valence-corrected chi connectivity index (χ1v) is 7.94. The van der Waals surface area contributed by atoms with Crippen LogP contribution < -0.4 is 0 Å². The van der Waals surface area contributed by atoms with E-state index >= 15 is 0 Å². The Labute approximate surface area is 145 Å². The summed E-state index contributed by atoms with van der Waals surface area (Å²) >= 11 is 0. The smallest absolute Gasteiger partial charge is 0.244 e. The lowest BCUT2D eigenvalue weighted by molar-refractivity contribution is -0.140. The quantitative estimate of drug-likeness (QED) is 0.357. The van der Waals surface area contributed by atoms with E-state index < -0.39 is 23.6 Å². The summed E-state index contributed by atoms with van der Waals surface area (Å²) in [5.74, 6) is -0.667. The van der Waals surface area contributed by atoms with E-state index in [-0.39, 0.29) is 5.69 Å². The molecule has 0 saturated carbocycles. The maximum atomic E-state index is 13.8. The summed E-state index contributed by atoms with van der Waals surface area (Å²) in [6.07, 6.45) is -3.32. The topological polar surface area (TPSA) is 28.0 Å². The van der Waals surface area contributed by atoms with Crippen molar-refractivity contribution >= 4 is 17.2 Å². The zero-order chi connectivity index (χ0) is 19.4. The SMILES string of the molecule is C=C.CCCC1=Nc2cc(F)c(C(F)(F)F)cc2C(C)N1N=C(C)C. The van der Waals surface area contributed by atoms with Gasteiger partial charge in [0.1, 0.15) is 11.7 Å². The molecule has 2 rings (SSSR count). The van der Waals surface area contributed by atoms with Gasteiger partial charge in [-0.2, -0.15) is 18.3 Å². The number of hydrogen-bond acceptors (Lipinski definition) is 3. The van der Waals surface area contributed by atoms with Crippen LogP contribution in [0.3, 0.4) is 0 Å². The fraction of sp³-hybridized carbons (Fsp3) is 0.444. The zero-order valence-corrected chi connectivity index (χ0v) is 14.9. The molecule has 0 saturated heterocycles. The molecule has 0 amide bonds. The minimum Gasteiger partial charge on any atom is -0.244 e. The molecular weight excluding hydrogens is 334 g/mol. The Hall–Kier alpha value is -2.18. The van der Waals surface area contributed by atoms with Crippen molar-refractivity contribution in [3.05, 3.63) is 42.2 Å². The predicted octanol–water partition coefficient (Wildman–Crippen LogP) is 6.25. The van der Waals surface area contributed by atoms with E-state index in [1.807, 2.05) is 6.92 Å². The molecule has 0 spiro atoms. The van der Waals surface area contributed by atoms with Gasteiger partial charge in [0.2, 0.25) is 0 Å². The molecule has 3 nitrogen and oxygen atoms in total. The number of aliphatic imine (C=N–C) groups is 1. The Morgan fingerprint density at radius 2 is 1.88 bits per heavy atom. The molecule has 0 radical (unpaired) electrons. The zero-order valence-electron chi connectivity index (χ0n) is 14.9. The van der Waals surface area contributed by atoms with E-state index in [2.05, 4.69) is 23.3 Å². The van der Waals surface area contributed by atoms with Gasteiger partial charge in [-0.1, -0.05) is 6.92 Å². The number of rotatable bonds is 3. The highest BCUT2D eigenvalue weighted by atomic mass is 19.4. The summed E-state index contributed by atoms with van der Waals surface area (Å²) in [5, 5.41) is 6.00. The number of nitrogens with zero attached hydrogens (tertiary/aromatic N) is 3. The van der Waals surface area contributed by atoms with Crippen molar-refractivity contribution in [2.75, 3.05) is 0 Å². The van der Waals surface area contributed by atoms with E-state index in [1.165, 1.54) is 0 Å². The number of alkyl halides is 3. The molecule has 1 aliphatic rings. The molecule has 1 aromatic carbocycles. The number of hydrogen-bond donors (Lipinski definition) is 0. The predicted molar refractivity (Wildman–Crippen MR) is 93.7 cm³/mol. The van der Waals surface area contributed by atoms with Crippen LogP contribution in [0.1, 0.15) is 57.7 Å². The molecule has 0 N–H and O–H groups in total. The Balaban J connectivity index is 0.00000151. The van der Waals surface area contributed by atoms with Crippen LogP contribution in [0.15, 0.2) is 35.4 Å². The number of fused-ring (bicyclic) bond motifs is 1. The second-order valence-corrected chi connectivity index (χ2v) is 5.73. The van der Waals surface area contributed by atoms with Crippen molar-refractivity contribution in [3.8, 4) is 0 Å². The molecule has 1 unspecified atom stereocenters. The van der Waals surface area contributed by atoms with E-state index in [0.717, 1.165) is 24.3 Å². The lowest BCUT2D eigenvalue weighted by Crippen LogP contribution is -2.32. The average Bonchev–Trinajstić information content (AvgIpc) is 2.51. The Morgan fingerprint density at radius 1 is 1.28 bits per heavy atom. The van der Waals surface area contributed by atoms with Crippen LogP contribution in [0, 0.1) is 5.82 Å². The van der Waals surface area contributed by atoms with Gasteiger partial charge in [0.25, 0.3) is 0 Å². The second kappa shape index (κ2) is 8.27. The summed E-state index contributed by atoms with van der Waals surface area (Å²) in [7, 11) is 0. The van der Waals surface area contributed by atoms with Crippen molar-refractivity contribution in [1.82, 2.24) is 5.01 Å². The highest BCUT2D eigenvalue weighted by molar-refractivity contribution is 5.89. The van der Waals surface area contributed by atoms with Crippen LogP contribution in [0.5, 0.6) is 0 Å². The molecule has 1 heterocycles. The number of benzene rings is 1. The van der Waals surface area contributed by atoms with Gasteiger partial charge in [0.05, 0.1) is 17.3 Å². The van der Waals surface area contributed by atoms with Crippen molar-refractivity contribution in [1.29, 1.82) is 0 Å². The van der Waals surface area contributed by atoms with E-state index in [0.29, 0.717) is 17.8 Å². The number of amidine groups is 1. The normalized spacial score (nSPS) is 16.4. The lowest BCUT2D eigenvalue weighted by Gasteiger charge is -2.33. The van der Waals surface area contributed by atoms with Crippen LogP contribution in [0.4, 0.5) is 23.2 Å². The highest BCUT2D eigenvalue weighted by Gasteiger charge is 2.37. The van der Waals surface area contributed by atoms with Gasteiger partial charge in [-0.05, 0) is 33.3 Å².